The molecule has 1 aliphatic rings. The van der Waals surface area contributed by atoms with Crippen molar-refractivity contribution in [3.05, 3.63) is 144 Å². The van der Waals surface area contributed by atoms with E-state index in [4.69, 9.17) is 45.9 Å². The molecule has 2 radical (unpaired) electrons. The summed E-state index contributed by atoms with van der Waals surface area (Å²) in [6, 6.07) is 30.6. The van der Waals surface area contributed by atoms with Gasteiger partial charge in [-0.15, -0.1) is 45.3 Å². The molecule has 4 aromatic carbocycles. The number of rotatable bonds is 40. The van der Waals surface area contributed by atoms with E-state index in [1.165, 1.54) is 58.2 Å². The van der Waals surface area contributed by atoms with E-state index in [0.29, 0.717) is 146 Å². The zero-order valence-corrected chi connectivity index (χ0v) is 84.8. The Kier molecular flexibility index (Phi) is 52.4. The molecule has 0 bridgehead atoms. The third-order valence-electron chi connectivity index (χ3n) is 20.4. The number of thiazole rings is 4. The molecule has 0 amide bonds. The maximum Gasteiger partial charge on any atom is 0.194 e. The van der Waals surface area contributed by atoms with E-state index < -0.39 is 17.8 Å². The van der Waals surface area contributed by atoms with Crippen molar-refractivity contribution >= 4 is 156 Å². The molecule has 8 aromatic rings. The summed E-state index contributed by atoms with van der Waals surface area (Å²) in [6.45, 7) is 39.8. The summed E-state index contributed by atoms with van der Waals surface area (Å²) in [5.74, 6) is -1.09. The number of benzene rings is 4. The van der Waals surface area contributed by atoms with Gasteiger partial charge in [0.25, 0.3) is 0 Å². The van der Waals surface area contributed by atoms with Gasteiger partial charge in [0.1, 0.15) is 11.6 Å². The molecule has 0 aliphatic heterocycles. The number of ketones is 8. The normalized spacial score (nSPS) is 13.9. The molecule has 2 unspecified atom stereocenters. The maximum absolute atomic E-state index is 13.4. The molecular weight excluding hydrogens is 1790 g/mol. The molecule has 676 valence electrons. The first kappa shape index (κ1) is 113. The molecular formula is C94H138N16O8S4Y2-4. The molecule has 6 atom stereocenters. The van der Waals surface area contributed by atoms with Gasteiger partial charge in [-0.2, -0.15) is 12.8 Å². The molecule has 24 nitrogen and oxygen atoms in total. The molecule has 0 spiro atoms. The zero-order valence-electron chi connectivity index (χ0n) is 75.9. The van der Waals surface area contributed by atoms with Crippen LogP contribution in [0.1, 0.15) is 277 Å². The van der Waals surface area contributed by atoms with E-state index in [1.807, 2.05) is 118 Å². The fourth-order valence-electron chi connectivity index (χ4n) is 13.0. The number of unbranched alkanes of at least 4 members (excludes halogenated alkanes) is 2. The molecule has 4 aromatic heterocycles. The van der Waals surface area contributed by atoms with Crippen LogP contribution in [0.3, 0.4) is 0 Å². The number of hydrogen-bond donors (Lipinski definition) is 8. The van der Waals surface area contributed by atoms with Gasteiger partial charge in [-0.3, -0.25) is 48.7 Å². The second-order valence-corrected chi connectivity index (χ2v) is 39.6. The fraction of sp³-hybridized carbons (Fsp3) is 0.532. The first-order chi connectivity index (χ1) is 57.5. The van der Waals surface area contributed by atoms with Crippen molar-refractivity contribution < 1.29 is 104 Å². The molecule has 1 fully saturated rings. The Morgan fingerprint density at radius 2 is 0.677 bits per heavy atom. The summed E-state index contributed by atoms with van der Waals surface area (Å²) < 4.78 is 3.89. The number of nitrogens with two attached hydrogens (primary N) is 8. The molecule has 16 N–H and O–H groups in total. The average Bonchev–Trinajstić information content (AvgIpc) is 1.66. The van der Waals surface area contributed by atoms with E-state index in [9.17, 15) is 38.4 Å². The summed E-state index contributed by atoms with van der Waals surface area (Å²) in [5.41, 5.74) is 47.2. The summed E-state index contributed by atoms with van der Waals surface area (Å²) in [7, 11) is 0. The van der Waals surface area contributed by atoms with Crippen LogP contribution in [0.15, 0.2) is 117 Å². The number of hydrogen-bond acceptors (Lipinski definition) is 20. The maximum atomic E-state index is 13.4. The van der Waals surface area contributed by atoms with Crippen molar-refractivity contribution in [2.75, 3.05) is 26.2 Å². The number of Topliss-reactive ketones (excluding diaryl/α,β-unsaturated/α-hetero) is 8. The minimum Gasteiger partial charge on any atom is -0.370 e. The fourth-order valence-corrected chi connectivity index (χ4v) is 16.9. The molecule has 1 saturated carbocycles. The van der Waals surface area contributed by atoms with E-state index >= 15 is 0 Å². The van der Waals surface area contributed by atoms with Gasteiger partial charge >= 0.3 is 0 Å². The van der Waals surface area contributed by atoms with Crippen molar-refractivity contribution in [1.29, 1.82) is 0 Å². The van der Waals surface area contributed by atoms with E-state index in [1.54, 1.807) is 12.8 Å². The van der Waals surface area contributed by atoms with Gasteiger partial charge in [-0.1, -0.05) is 165 Å². The quantitative estimate of drug-likeness (QED) is 0.00581. The molecule has 1 aliphatic carbocycles. The average molecular weight is 1930 g/mol. The topological polar surface area (TPSA) is 446 Å². The van der Waals surface area contributed by atoms with E-state index in [2.05, 4.69) is 130 Å². The number of aromatic nitrogens is 4. The third-order valence-corrected chi connectivity index (χ3v) is 24.6. The van der Waals surface area contributed by atoms with Crippen molar-refractivity contribution in [2.45, 2.75) is 238 Å². The Morgan fingerprint density at radius 3 is 0.919 bits per heavy atom. The number of aliphatic imine (C=N–C) groups is 4. The SMILES string of the molecule is CC(C)(C)C1CCCC1C(=O)C[C@@H](CCCN=C(N)N)C(=O)c1nc2ccccc2s1.CC(C)(C)CC(=O)C[C@@H](CCCN=C(N)N)C(=O)c1nc2ccccc2s1.CCC(C)(C)C.CCC(C)(C)C.[CH2-]CC[CH-]C(=O)C[C@@H](CCCN=C(N)N)C(=O)c1nc2ccccc2s1.[CH2-]CC[CH-]C(=O)C[C@@H](CCCN=C(N)N)C(=O)c1nc2ccccc2s1.[Y].[Y]. The Bertz CT molecular complexity index is 4460. The summed E-state index contributed by atoms with van der Waals surface area (Å²) in [4.78, 5) is 136. The van der Waals surface area contributed by atoms with Crippen LogP contribution in [-0.2, 0) is 84.6 Å². The molecule has 4 heterocycles. The summed E-state index contributed by atoms with van der Waals surface area (Å²) >= 11 is 5.51. The van der Waals surface area contributed by atoms with Crippen LogP contribution in [0.4, 0.5) is 0 Å². The Labute approximate surface area is 803 Å². The van der Waals surface area contributed by atoms with Gasteiger partial charge in [-0.05, 0) is 165 Å². The minimum absolute atomic E-state index is 0. The van der Waals surface area contributed by atoms with Gasteiger partial charge in [0, 0.05) is 140 Å². The molecule has 30 heteroatoms. The van der Waals surface area contributed by atoms with Crippen LogP contribution < -0.4 is 45.9 Å². The number of nitrogens with zero attached hydrogens (tertiary/aromatic N) is 8. The first-order valence-corrected chi connectivity index (χ1v) is 45.9. The van der Waals surface area contributed by atoms with Gasteiger partial charge in [0.15, 0.2) is 67.0 Å². The van der Waals surface area contributed by atoms with Crippen molar-refractivity contribution in [3.63, 3.8) is 0 Å². The number of carbonyl (C=O) groups is 8. The monoisotopic (exact) mass is 1920 g/mol. The largest absolute Gasteiger partial charge is 0.370 e. The molecule has 9 rings (SSSR count). The third kappa shape index (κ3) is 44.0. The zero-order chi connectivity index (χ0) is 90.9. The molecule has 0 saturated heterocycles. The van der Waals surface area contributed by atoms with E-state index in [-0.39, 0.29) is 184 Å². The standard InChI is InChI=1S/C24H34N4O2S.C20H28N4O2S.2C19H24N4O2S.2C6H14.2Y/c1-24(2,3)17-10-6-9-16(17)19(29)14-15(8-7-13-27-23(25)26)21(30)22-28-18-11-4-5-12-20(18)31-22;1-20(2,3)12-14(25)11-13(7-6-10-23-19(21)22)17(26)18-24-15-8-4-5-9-16(15)27-18;2*1-2-3-8-14(24)12-13(7-6-11-22-19(20)21)17(25)18-23-15-9-4-5-10-16(15)26-18;2*1-5-6(2,3)4;;/h4-5,11-12,15-17H,6-10,13-14H2,1-3H3,(H4,25,26,27);4-5,8-9,13H,6-7,10-12H2,1-3H3,(H4,21,22,23);2*4-5,8-10,13H,1-3,6-7,11-12H2,(H4,20,21,22);2*5H2,1-4H3;;/q;;2*-2;;;;/t15-,16?,17?;3*13-;;;;/m1111..../s1. The van der Waals surface area contributed by atoms with Gasteiger partial charge in [-0.25, -0.2) is 32.8 Å². The van der Waals surface area contributed by atoms with Crippen LogP contribution in [-0.4, -0.2) is 116 Å². The summed E-state index contributed by atoms with van der Waals surface area (Å²) in [6.07, 6.45) is 17.5. The van der Waals surface area contributed by atoms with Crippen molar-refractivity contribution in [2.24, 2.45) is 123 Å². The van der Waals surface area contributed by atoms with Crippen molar-refractivity contribution in [3.8, 4) is 0 Å². The van der Waals surface area contributed by atoms with Gasteiger partial charge in [0.2, 0.25) is 0 Å². The van der Waals surface area contributed by atoms with Gasteiger partial charge < -0.3 is 82.1 Å². The number of para-hydroxylation sites is 4. The van der Waals surface area contributed by atoms with Crippen molar-refractivity contribution in [1.82, 2.24) is 19.9 Å². The van der Waals surface area contributed by atoms with Gasteiger partial charge in [0.05, 0.1) is 40.9 Å². The van der Waals surface area contributed by atoms with Crippen LogP contribution in [0.5, 0.6) is 0 Å². The predicted molar refractivity (Wildman–Crippen MR) is 510 cm³/mol. The Morgan fingerprint density at radius 1 is 0.411 bits per heavy atom. The minimum atomic E-state index is -0.418. The first-order valence-electron chi connectivity index (χ1n) is 42.6. The summed E-state index contributed by atoms with van der Waals surface area (Å²) in [5, 5.41) is 1.84. The van der Waals surface area contributed by atoms with Crippen LogP contribution in [0.25, 0.3) is 40.9 Å². The van der Waals surface area contributed by atoms with Crippen LogP contribution >= 0.6 is 45.3 Å². The predicted octanol–water partition coefficient (Wildman–Crippen LogP) is 18.8. The van der Waals surface area contributed by atoms with Crippen LogP contribution in [0, 0.1) is 83.9 Å². The Hall–Kier alpha value is -7.17. The number of fused-ring (bicyclic) bond motifs is 4. The Balaban J connectivity index is 0.000000533. The second kappa shape index (κ2) is 57.6. The smallest absolute Gasteiger partial charge is 0.194 e. The molecule has 124 heavy (non-hydrogen) atoms. The second-order valence-electron chi connectivity index (χ2n) is 35.5. The van der Waals surface area contributed by atoms with Crippen LogP contribution in [0.2, 0.25) is 0 Å². The number of guanidine groups is 4. The number of carbonyl (C=O) groups excluding carboxylic acids is 8. The van der Waals surface area contributed by atoms with E-state index in [0.717, 1.165) is 60.1 Å².